The molecule has 0 bridgehead atoms. The molecule has 0 saturated heterocycles. The summed E-state index contributed by atoms with van der Waals surface area (Å²) in [7, 11) is 2.85. The molecule has 5 heteroatoms. The van der Waals surface area contributed by atoms with Gasteiger partial charge < -0.3 is 12.2 Å². The Morgan fingerprint density at radius 2 is 0.442 bits per heavy atom. The van der Waals surface area contributed by atoms with Gasteiger partial charge in [0.05, 0.1) is 15.8 Å². The molecule has 6 aromatic rings. The van der Waals surface area contributed by atoms with Crippen LogP contribution in [-0.4, -0.2) is 6.79 Å². The zero-order valence-corrected chi connectivity index (χ0v) is 28.7. The summed E-state index contributed by atoms with van der Waals surface area (Å²) in [6.07, 6.45) is 0. The normalized spacial score (nSPS) is 9.58. The minimum Gasteiger partial charge on any atom is -0.0620 e. The fraction of sp³-hybridized carbons (Fsp3) is 0. The van der Waals surface area contributed by atoms with Gasteiger partial charge in [0.1, 0.15) is 31.8 Å². The number of halogens is 1. The van der Waals surface area contributed by atoms with E-state index in [2.05, 4.69) is 198 Å². The van der Waals surface area contributed by atoms with Crippen LogP contribution in [0.15, 0.2) is 182 Å². The summed E-state index contributed by atoms with van der Waals surface area (Å²) in [5.41, 5.74) is 0. The van der Waals surface area contributed by atoms with Crippen molar-refractivity contribution in [2.75, 3.05) is 0 Å². The molecule has 0 heterocycles. The first-order valence-corrected chi connectivity index (χ1v) is 18.7. The fourth-order valence-corrected chi connectivity index (χ4v) is 9.78. The third kappa shape index (κ3) is 11.1. The molecule has 0 unspecified atom stereocenters. The molecule has 0 aliphatic rings. The minimum absolute atomic E-state index is 0. The standard InChI is InChI=1S/2C18H15P.CHO.CH3.ClH.Ru.H/c2*1-4-10-16(11-5-1)19(17-12-6-2-7-13-17)18-14-8-3-9-15-18;1-2;;;;/h2*1-15H;1H;1H3;1H;;/q;;2*-1;;+3;/p+1. The van der Waals surface area contributed by atoms with Crippen molar-refractivity contribution >= 4 is 64.2 Å². The van der Waals surface area contributed by atoms with Crippen molar-refractivity contribution in [3.05, 3.63) is 189 Å². The summed E-state index contributed by atoms with van der Waals surface area (Å²) < 4.78 is 0. The maximum absolute atomic E-state index is 7.75. The van der Waals surface area contributed by atoms with E-state index >= 15 is 0 Å². The summed E-state index contributed by atoms with van der Waals surface area (Å²) in [5.74, 6) is 0. The van der Waals surface area contributed by atoms with E-state index in [1.807, 2.05) is 0 Å². The summed E-state index contributed by atoms with van der Waals surface area (Å²) >= 11 is 1.62. The molecule has 218 valence electrons. The summed E-state index contributed by atoms with van der Waals surface area (Å²) in [6.45, 7) is 3.25. The Bertz CT molecular complexity index is 1200. The summed E-state index contributed by atoms with van der Waals surface area (Å²) in [4.78, 5) is 7.75. The average molecular weight is 708 g/mol. The van der Waals surface area contributed by atoms with E-state index in [0.29, 0.717) is 0 Å². The van der Waals surface area contributed by atoms with Crippen molar-refractivity contribution in [3.8, 4) is 0 Å². The van der Waals surface area contributed by atoms with Crippen molar-refractivity contribution in [2.24, 2.45) is 0 Å². The Labute approximate surface area is 274 Å². The SMILES string of the molecule is [CH-]=O.[CH3-].[Cl][RuH+2].c1ccc([PH+](c2ccccc2)c2ccccc2)cc1.c1ccc([PH+](c2ccccc2)c2ccccc2)cc1. The molecule has 0 fully saturated rings. The number of hydrogen-bond donors (Lipinski definition) is 0. The molecule has 0 atom stereocenters. The van der Waals surface area contributed by atoms with Gasteiger partial charge in [-0.25, -0.2) is 0 Å². The zero-order valence-electron chi connectivity index (χ0n) is 24.1. The van der Waals surface area contributed by atoms with Gasteiger partial charge in [-0.05, 0) is 72.8 Å². The van der Waals surface area contributed by atoms with Crippen molar-refractivity contribution < 1.29 is 22.1 Å². The van der Waals surface area contributed by atoms with Gasteiger partial charge in [0, 0.05) is 0 Å². The number of hydrogen-bond acceptors (Lipinski definition) is 1. The van der Waals surface area contributed by atoms with E-state index < -0.39 is 15.8 Å². The first kappa shape index (κ1) is 36.0. The van der Waals surface area contributed by atoms with Crippen LogP contribution in [0.1, 0.15) is 0 Å². The van der Waals surface area contributed by atoms with Crippen LogP contribution in [0, 0.1) is 7.43 Å². The quantitative estimate of drug-likeness (QED) is 0.0793. The van der Waals surface area contributed by atoms with Crippen LogP contribution in [0.25, 0.3) is 0 Å². The Kier molecular flexibility index (Phi) is 17.9. The van der Waals surface area contributed by atoms with Crippen molar-refractivity contribution in [2.45, 2.75) is 0 Å². The molecule has 6 rings (SSSR count). The Morgan fingerprint density at radius 3 is 0.558 bits per heavy atom. The monoisotopic (exact) mass is 708 g/mol. The molecule has 0 spiro atoms. The van der Waals surface area contributed by atoms with Gasteiger partial charge in [0.25, 0.3) is 0 Å². The summed E-state index contributed by atoms with van der Waals surface area (Å²) in [5, 5.41) is 8.61. The Hall–Kier alpha value is -3.24. The van der Waals surface area contributed by atoms with Crippen molar-refractivity contribution in [1.29, 1.82) is 0 Å². The van der Waals surface area contributed by atoms with Gasteiger partial charge in [0.2, 0.25) is 0 Å². The van der Waals surface area contributed by atoms with Gasteiger partial charge in [-0.3, -0.25) is 6.79 Å². The van der Waals surface area contributed by atoms with Crippen LogP contribution >= 0.6 is 25.5 Å². The molecule has 0 aromatic heterocycles. The second kappa shape index (κ2) is 21.5. The second-order valence-corrected chi connectivity index (χ2v) is 13.9. The molecular weight excluding hydrogens is 671 g/mol. The molecule has 1 nitrogen and oxygen atoms in total. The van der Waals surface area contributed by atoms with E-state index in [9.17, 15) is 0 Å². The summed E-state index contributed by atoms with van der Waals surface area (Å²) in [6, 6.07) is 65.0. The zero-order chi connectivity index (χ0) is 29.8. The van der Waals surface area contributed by atoms with Crippen LogP contribution in [0.2, 0.25) is 0 Å². The molecule has 0 radical (unpaired) electrons. The molecule has 43 heavy (non-hydrogen) atoms. The second-order valence-electron chi connectivity index (χ2n) is 8.95. The predicted molar refractivity (Wildman–Crippen MR) is 193 cm³/mol. The molecule has 0 N–H and O–H groups in total. The van der Waals surface area contributed by atoms with Crippen LogP contribution in [0.4, 0.5) is 0 Å². The molecule has 0 aliphatic heterocycles. The smallest absolute Gasteiger partial charge is 0.0620 e. The minimum atomic E-state index is -0.877. The Balaban J connectivity index is 0.000000264. The molecule has 0 amide bonds. The van der Waals surface area contributed by atoms with Gasteiger partial charge >= 0.3 is 27.0 Å². The molecule has 0 saturated carbocycles. The van der Waals surface area contributed by atoms with Crippen LogP contribution in [0.3, 0.4) is 0 Å². The first-order valence-electron chi connectivity index (χ1n) is 13.3. The maximum atomic E-state index is 7.75. The number of benzene rings is 6. The third-order valence-electron chi connectivity index (χ3n) is 6.37. The van der Waals surface area contributed by atoms with Gasteiger partial charge in [-0.1, -0.05) is 109 Å². The van der Waals surface area contributed by atoms with Crippen LogP contribution in [0.5, 0.6) is 0 Å². The van der Waals surface area contributed by atoms with Crippen molar-refractivity contribution in [1.82, 2.24) is 0 Å². The average Bonchev–Trinajstić information content (AvgIpc) is 3.10. The Morgan fingerprint density at radius 1 is 0.326 bits per heavy atom. The topological polar surface area (TPSA) is 17.1 Å². The van der Waals surface area contributed by atoms with E-state index in [-0.39, 0.29) is 7.43 Å². The van der Waals surface area contributed by atoms with Gasteiger partial charge in [-0.2, -0.15) is 0 Å². The van der Waals surface area contributed by atoms with E-state index in [1.165, 1.54) is 31.8 Å². The predicted octanol–water partition coefficient (Wildman–Crippen LogP) is 6.95. The first-order chi connectivity index (χ1) is 20.9. The largest absolute Gasteiger partial charge is 0.102 e. The van der Waals surface area contributed by atoms with E-state index in [1.54, 1.807) is 17.3 Å². The fourth-order valence-electron chi connectivity index (χ4n) is 4.63. The molecule has 6 aromatic carbocycles. The maximum Gasteiger partial charge on any atom is 0.102 e. The van der Waals surface area contributed by atoms with Crippen LogP contribution in [-0.2, 0) is 22.1 Å². The van der Waals surface area contributed by atoms with E-state index in [0.717, 1.165) is 0 Å². The van der Waals surface area contributed by atoms with Gasteiger partial charge in [0.15, 0.2) is 0 Å². The van der Waals surface area contributed by atoms with Crippen molar-refractivity contribution in [3.63, 3.8) is 0 Å². The molecular formula is C38H37ClOP2Ru+2. The third-order valence-corrected chi connectivity index (χ3v) is 11.8. The molecule has 0 aliphatic carbocycles. The number of carbonyl (C=O) groups excluding carboxylic acids is 1. The van der Waals surface area contributed by atoms with Crippen LogP contribution < -0.4 is 31.8 Å². The van der Waals surface area contributed by atoms with Gasteiger partial charge in [-0.15, -0.1) is 0 Å². The number of rotatable bonds is 6. The van der Waals surface area contributed by atoms with E-state index in [4.69, 9.17) is 4.79 Å².